The molecule has 1 saturated heterocycles. The van der Waals surface area contributed by atoms with Gasteiger partial charge in [-0.25, -0.2) is 0 Å². The van der Waals surface area contributed by atoms with E-state index in [0.29, 0.717) is 30.5 Å². The van der Waals surface area contributed by atoms with Crippen LogP contribution >= 0.6 is 15.9 Å². The van der Waals surface area contributed by atoms with Gasteiger partial charge < -0.3 is 14.7 Å². The minimum absolute atomic E-state index is 0.0670. The van der Waals surface area contributed by atoms with Crippen LogP contribution in [0.15, 0.2) is 66.7 Å². The van der Waals surface area contributed by atoms with E-state index in [4.69, 9.17) is 0 Å². The Labute approximate surface area is 336 Å². The van der Waals surface area contributed by atoms with Gasteiger partial charge in [0.25, 0.3) is 0 Å². The van der Waals surface area contributed by atoms with E-state index in [1.165, 1.54) is 0 Å². The third kappa shape index (κ3) is 10.6. The number of Topliss-reactive ketones (excluding diaryl/α,β-unsaturated/α-hetero) is 2. The highest BCUT2D eigenvalue weighted by Crippen LogP contribution is 2.30. The van der Waals surface area contributed by atoms with Crippen LogP contribution in [0.5, 0.6) is 0 Å². The molecule has 0 N–H and O–H groups in total. The average molecular weight is 864 g/mol. The molecule has 2 unspecified atom stereocenters. The fraction of sp³-hybridized carbons (Fsp3) is 0.476. The number of anilines is 1. The molecule has 15 heteroatoms. The van der Waals surface area contributed by atoms with Crippen LogP contribution < -0.4 is 4.90 Å². The Kier molecular flexibility index (Phi) is 13.5. The second-order valence-electron chi connectivity index (χ2n) is 14.9. The number of rotatable bonds is 11. The molecule has 3 aliphatic rings. The van der Waals surface area contributed by atoms with Crippen molar-refractivity contribution in [1.29, 1.82) is 0 Å². The van der Waals surface area contributed by atoms with Crippen LogP contribution in [0.25, 0.3) is 0 Å². The molecule has 6 rings (SSSR count). The van der Waals surface area contributed by atoms with E-state index in [-0.39, 0.29) is 69.8 Å². The maximum absolute atomic E-state index is 14.4. The summed E-state index contributed by atoms with van der Waals surface area (Å²) < 4.78 is 78.8. The van der Waals surface area contributed by atoms with E-state index in [2.05, 4.69) is 37.9 Å². The Hall–Kier alpha value is -4.24. The number of fused-ring (bicyclic) bond motifs is 2. The van der Waals surface area contributed by atoms with Gasteiger partial charge in [0.1, 0.15) is 0 Å². The Balaban J connectivity index is 1.13. The summed E-state index contributed by atoms with van der Waals surface area (Å²) in [6.07, 6.45) is -8.17. The van der Waals surface area contributed by atoms with E-state index < -0.39 is 34.9 Å². The zero-order valence-electron chi connectivity index (χ0n) is 31.4. The van der Waals surface area contributed by atoms with Crippen molar-refractivity contribution >= 4 is 45.0 Å². The number of benzene rings is 3. The predicted molar refractivity (Wildman–Crippen MR) is 207 cm³/mol. The summed E-state index contributed by atoms with van der Waals surface area (Å²) in [6.45, 7) is 3.52. The second kappa shape index (κ2) is 18.1. The standard InChI is InChI=1S/C42H45BrF6N4O4/c43-36(10-11-37(54)32-8-6-28-12-18-52(20-14-30(28)26-32)39(56)41(44,45)46)35(16-17-50-22-24-51(25-23-50)34-4-2-1-3-5-34)38(55)33-9-7-29-13-19-53(21-15-31(29)27-33)40(57)42(47,48)49/h1-9,26-27,35-36H,10-25H2. The fourth-order valence-electron chi connectivity index (χ4n) is 8.04. The lowest BCUT2D eigenvalue weighted by Crippen LogP contribution is -2.47. The highest BCUT2D eigenvalue weighted by molar-refractivity contribution is 9.09. The second-order valence-corrected chi connectivity index (χ2v) is 16.1. The van der Waals surface area contributed by atoms with Crippen LogP contribution in [-0.2, 0) is 35.3 Å². The first-order valence-electron chi connectivity index (χ1n) is 19.3. The van der Waals surface area contributed by atoms with Crippen LogP contribution in [0, 0.1) is 5.92 Å². The molecule has 3 heterocycles. The molecule has 0 bridgehead atoms. The normalized spacial score (nSPS) is 17.8. The van der Waals surface area contributed by atoms with Gasteiger partial charge >= 0.3 is 24.2 Å². The molecule has 3 aromatic rings. The van der Waals surface area contributed by atoms with E-state index in [0.717, 1.165) is 63.9 Å². The number of carbonyl (C=O) groups excluding carboxylic acids is 4. The number of amides is 2. The molecule has 1 fully saturated rings. The number of ketones is 2. The van der Waals surface area contributed by atoms with E-state index in [1.807, 2.05) is 18.2 Å². The van der Waals surface area contributed by atoms with E-state index in [9.17, 15) is 45.5 Å². The first kappa shape index (κ1) is 42.4. The number of halogens is 7. The number of carbonyl (C=O) groups is 4. The third-order valence-electron chi connectivity index (χ3n) is 11.4. The average Bonchev–Trinajstić information content (AvgIpc) is 3.55. The molecule has 3 aromatic carbocycles. The van der Waals surface area contributed by atoms with Crippen molar-refractivity contribution in [2.45, 2.75) is 62.1 Å². The fourth-order valence-corrected chi connectivity index (χ4v) is 8.77. The highest BCUT2D eigenvalue weighted by atomic mass is 79.9. The van der Waals surface area contributed by atoms with Crippen molar-refractivity contribution in [3.05, 3.63) is 100 Å². The summed E-state index contributed by atoms with van der Waals surface area (Å²) in [7, 11) is 0. The maximum atomic E-state index is 14.4. The van der Waals surface area contributed by atoms with Gasteiger partial charge in [-0.1, -0.05) is 58.4 Å². The summed E-state index contributed by atoms with van der Waals surface area (Å²) in [5.74, 6) is -4.61. The monoisotopic (exact) mass is 862 g/mol. The highest BCUT2D eigenvalue weighted by Gasteiger charge is 2.43. The molecular formula is C42H45BrF6N4O4. The smallest absolute Gasteiger partial charge is 0.369 e. The van der Waals surface area contributed by atoms with E-state index >= 15 is 0 Å². The van der Waals surface area contributed by atoms with Gasteiger partial charge in [-0.3, -0.25) is 24.1 Å². The van der Waals surface area contributed by atoms with Crippen LogP contribution in [0.2, 0.25) is 0 Å². The van der Waals surface area contributed by atoms with Gasteiger partial charge in [0.05, 0.1) is 0 Å². The van der Waals surface area contributed by atoms with Gasteiger partial charge in [0.15, 0.2) is 11.6 Å². The Morgan fingerprint density at radius 1 is 0.596 bits per heavy atom. The van der Waals surface area contributed by atoms with Gasteiger partial charge in [-0.15, -0.1) is 0 Å². The molecule has 0 radical (unpaired) electrons. The number of para-hydroxylation sites is 1. The maximum Gasteiger partial charge on any atom is 0.471 e. The van der Waals surface area contributed by atoms with Crippen molar-refractivity contribution in [2.24, 2.45) is 5.92 Å². The summed E-state index contributed by atoms with van der Waals surface area (Å²) in [6, 6.07) is 20.4. The van der Waals surface area contributed by atoms with Gasteiger partial charge in [0.2, 0.25) is 0 Å². The molecule has 0 saturated carbocycles. The molecule has 0 aliphatic carbocycles. The molecule has 2 amide bonds. The summed E-state index contributed by atoms with van der Waals surface area (Å²) in [4.78, 5) is 57.5. The van der Waals surface area contributed by atoms with Gasteiger partial charge in [-0.2, -0.15) is 26.3 Å². The Bertz CT molecular complexity index is 1930. The quantitative estimate of drug-likeness (QED) is 0.116. The lowest BCUT2D eigenvalue weighted by Gasteiger charge is -2.37. The number of hydrogen-bond donors (Lipinski definition) is 0. The summed E-state index contributed by atoms with van der Waals surface area (Å²) in [5.41, 5.74) is 5.01. The minimum Gasteiger partial charge on any atom is -0.369 e. The minimum atomic E-state index is -4.96. The van der Waals surface area contributed by atoms with Crippen molar-refractivity contribution in [2.75, 3.05) is 63.8 Å². The van der Waals surface area contributed by atoms with Gasteiger partial charge in [-0.05, 0) is 91.6 Å². The Morgan fingerprint density at radius 3 is 1.61 bits per heavy atom. The topological polar surface area (TPSA) is 81.2 Å². The SMILES string of the molecule is O=C(CCC(Br)C(CCN1CCN(c2ccccc2)CC1)C(=O)c1ccc2c(c1)CCN(C(=O)C(F)(F)F)CC2)c1ccc2c(c1)CCN(C(=O)C(F)(F)F)CC2. The number of nitrogens with zero attached hydrogens (tertiary/aromatic N) is 4. The zero-order valence-corrected chi connectivity index (χ0v) is 33.0. The van der Waals surface area contributed by atoms with Crippen molar-refractivity contribution in [3.8, 4) is 0 Å². The molecule has 0 aromatic heterocycles. The molecular weight excluding hydrogens is 818 g/mol. The summed E-state index contributed by atoms with van der Waals surface area (Å²) in [5, 5.41) is 0. The van der Waals surface area contributed by atoms with Crippen LogP contribution in [0.3, 0.4) is 0 Å². The Morgan fingerprint density at radius 2 is 1.09 bits per heavy atom. The molecule has 3 aliphatic heterocycles. The first-order valence-corrected chi connectivity index (χ1v) is 20.2. The first-order chi connectivity index (χ1) is 27.1. The van der Waals surface area contributed by atoms with E-state index in [1.54, 1.807) is 36.4 Å². The van der Waals surface area contributed by atoms with Gasteiger partial charge in [0, 0.05) is 86.3 Å². The predicted octanol–water partition coefficient (Wildman–Crippen LogP) is 7.10. The van der Waals surface area contributed by atoms with Crippen LogP contribution in [0.4, 0.5) is 32.0 Å². The largest absolute Gasteiger partial charge is 0.471 e. The summed E-state index contributed by atoms with van der Waals surface area (Å²) >= 11 is 3.76. The van der Waals surface area contributed by atoms with Crippen molar-refractivity contribution in [3.63, 3.8) is 0 Å². The van der Waals surface area contributed by atoms with Crippen LogP contribution in [0.1, 0.15) is 62.2 Å². The lowest BCUT2D eigenvalue weighted by atomic mass is 9.87. The van der Waals surface area contributed by atoms with Crippen molar-refractivity contribution in [1.82, 2.24) is 14.7 Å². The molecule has 2 atom stereocenters. The molecule has 306 valence electrons. The number of hydrogen-bond acceptors (Lipinski definition) is 6. The number of piperazine rings is 1. The molecule has 8 nitrogen and oxygen atoms in total. The molecule has 0 spiro atoms. The third-order valence-corrected chi connectivity index (χ3v) is 12.4. The lowest BCUT2D eigenvalue weighted by molar-refractivity contribution is -0.185. The number of alkyl halides is 7. The van der Waals surface area contributed by atoms with Crippen LogP contribution in [-0.4, -0.2) is 114 Å². The van der Waals surface area contributed by atoms with Crippen molar-refractivity contribution < 1.29 is 45.5 Å². The molecule has 57 heavy (non-hydrogen) atoms. The zero-order chi connectivity index (χ0) is 40.9.